The number of nitriles is 1. The van der Waals surface area contributed by atoms with Crippen LogP contribution in [0.25, 0.3) is 0 Å². The summed E-state index contributed by atoms with van der Waals surface area (Å²) in [6.07, 6.45) is 2.84. The zero-order valence-electron chi connectivity index (χ0n) is 19.4. The van der Waals surface area contributed by atoms with Crippen molar-refractivity contribution in [1.82, 2.24) is 15.1 Å². The summed E-state index contributed by atoms with van der Waals surface area (Å²) in [4.78, 5) is 28.3. The Labute approximate surface area is 200 Å². The maximum atomic E-state index is 12.6. The van der Waals surface area contributed by atoms with Gasteiger partial charge in [0.1, 0.15) is 6.04 Å². The van der Waals surface area contributed by atoms with Crippen LogP contribution in [-0.4, -0.2) is 86.1 Å². The first-order valence-electron chi connectivity index (χ1n) is 11.5. The van der Waals surface area contributed by atoms with Gasteiger partial charge in [-0.05, 0) is 50.8 Å². The maximum Gasteiger partial charge on any atom is 0.294 e. The van der Waals surface area contributed by atoms with Crippen LogP contribution in [-0.2, 0) is 24.4 Å². The molecule has 2 N–H and O–H groups in total. The van der Waals surface area contributed by atoms with Crippen molar-refractivity contribution >= 4 is 21.9 Å². The summed E-state index contributed by atoms with van der Waals surface area (Å²) in [5.74, 6) is 0.377. The molecule has 4 rings (SSSR count). The van der Waals surface area contributed by atoms with Gasteiger partial charge in [0.15, 0.2) is 0 Å². The van der Waals surface area contributed by atoms with E-state index in [2.05, 4.69) is 11.4 Å². The summed E-state index contributed by atoms with van der Waals surface area (Å²) in [5, 5.41) is 12.4. The van der Waals surface area contributed by atoms with Gasteiger partial charge < -0.3 is 19.9 Å². The quantitative estimate of drug-likeness (QED) is 0.593. The molecule has 10 nitrogen and oxygen atoms in total. The van der Waals surface area contributed by atoms with Crippen molar-refractivity contribution in [3.05, 3.63) is 29.8 Å². The van der Waals surface area contributed by atoms with E-state index in [0.717, 1.165) is 18.4 Å². The highest BCUT2D eigenvalue weighted by Gasteiger charge is 2.37. The van der Waals surface area contributed by atoms with E-state index in [1.165, 1.54) is 12.1 Å². The first-order valence-corrected chi connectivity index (χ1v) is 13.0. The highest BCUT2D eigenvalue weighted by molar-refractivity contribution is 7.85. The van der Waals surface area contributed by atoms with Crippen molar-refractivity contribution < 1.29 is 27.3 Å². The van der Waals surface area contributed by atoms with Crippen molar-refractivity contribution in [3.8, 4) is 6.07 Å². The Balaban J connectivity index is 0.000000248. The van der Waals surface area contributed by atoms with Crippen molar-refractivity contribution in [2.45, 2.75) is 49.6 Å². The highest BCUT2D eigenvalue weighted by Crippen LogP contribution is 2.24. The Hall–Kier alpha value is -2.52. The molecule has 0 aliphatic carbocycles. The average molecular weight is 493 g/mol. The van der Waals surface area contributed by atoms with E-state index in [1.807, 2.05) is 11.8 Å². The summed E-state index contributed by atoms with van der Waals surface area (Å²) >= 11 is 0. The number of ether oxygens (including phenoxy) is 1. The number of nitrogens with zero attached hydrogens (tertiary/aromatic N) is 3. The topological polar surface area (TPSA) is 140 Å². The fraction of sp³-hybridized carbons (Fsp3) is 0.609. The Morgan fingerprint density at radius 1 is 1.21 bits per heavy atom. The first kappa shape index (κ1) is 26.1. The molecule has 34 heavy (non-hydrogen) atoms. The summed E-state index contributed by atoms with van der Waals surface area (Å²) in [6.45, 7) is 5.76. The Bertz CT molecular complexity index is 1000. The number of rotatable bonds is 4. The van der Waals surface area contributed by atoms with E-state index in [-0.39, 0.29) is 34.7 Å². The second kappa shape index (κ2) is 11.8. The maximum absolute atomic E-state index is 12.6. The van der Waals surface area contributed by atoms with E-state index in [0.29, 0.717) is 52.2 Å². The van der Waals surface area contributed by atoms with Crippen LogP contribution in [0.15, 0.2) is 29.2 Å². The Morgan fingerprint density at radius 3 is 2.50 bits per heavy atom. The van der Waals surface area contributed by atoms with Crippen LogP contribution < -0.4 is 5.32 Å². The lowest BCUT2D eigenvalue weighted by molar-refractivity contribution is -0.136. The van der Waals surface area contributed by atoms with Crippen molar-refractivity contribution in [1.29, 1.82) is 5.26 Å². The number of amides is 2. The molecular weight excluding hydrogens is 460 g/mol. The van der Waals surface area contributed by atoms with Crippen molar-refractivity contribution in [3.63, 3.8) is 0 Å². The Kier molecular flexibility index (Phi) is 9.02. The monoisotopic (exact) mass is 492 g/mol. The van der Waals surface area contributed by atoms with Gasteiger partial charge in [0.25, 0.3) is 10.1 Å². The third kappa shape index (κ3) is 6.99. The third-order valence-corrected chi connectivity index (χ3v) is 7.22. The van der Waals surface area contributed by atoms with Gasteiger partial charge in [-0.3, -0.25) is 14.1 Å². The molecule has 3 atom stereocenters. The molecule has 0 radical (unpaired) electrons. The standard InChI is InChI=1S/C16H24N4O3.C7H8O3S/c17-10-13-2-1-3-20(13)16(22)14-8-12(11-18-14)9-15(21)19-4-6-23-7-5-19;1-6-2-4-7(5-3-6)11(8,9)10/h12-14,18H,1-9,11H2;2-5H,1H3,(H,8,9,10)/t12-,13+,14+;/m1./s1. The minimum absolute atomic E-state index is 0.0235. The molecule has 2 amide bonds. The second-order valence-electron chi connectivity index (χ2n) is 8.87. The second-order valence-corrected chi connectivity index (χ2v) is 10.3. The van der Waals surface area contributed by atoms with E-state index in [9.17, 15) is 18.0 Å². The molecule has 0 aromatic heterocycles. The number of nitrogens with one attached hydrogen (secondary N) is 1. The van der Waals surface area contributed by atoms with E-state index in [4.69, 9.17) is 14.6 Å². The van der Waals surface area contributed by atoms with Crippen LogP contribution in [0, 0.1) is 24.2 Å². The molecular formula is C23H32N4O6S. The molecule has 1 aromatic rings. The van der Waals surface area contributed by atoms with Gasteiger partial charge in [0.2, 0.25) is 11.8 Å². The number of likely N-dealkylation sites (tertiary alicyclic amines) is 1. The van der Waals surface area contributed by atoms with Crippen LogP contribution in [0.3, 0.4) is 0 Å². The zero-order valence-corrected chi connectivity index (χ0v) is 20.2. The number of benzene rings is 1. The molecule has 3 fully saturated rings. The van der Waals surface area contributed by atoms with Gasteiger partial charge in [0, 0.05) is 26.1 Å². The van der Waals surface area contributed by atoms with E-state index >= 15 is 0 Å². The normalized spacial score (nSPS) is 24.8. The van der Waals surface area contributed by atoms with Gasteiger partial charge in [0.05, 0.1) is 30.2 Å². The number of morpholine rings is 1. The lowest BCUT2D eigenvalue weighted by Crippen LogP contribution is -2.45. The van der Waals surface area contributed by atoms with Crippen LogP contribution in [0.1, 0.15) is 31.2 Å². The molecule has 3 aliphatic heterocycles. The summed E-state index contributed by atoms with van der Waals surface area (Å²) in [7, 11) is -4.02. The number of carbonyl (C=O) groups is 2. The lowest BCUT2D eigenvalue weighted by atomic mass is 10.00. The molecule has 11 heteroatoms. The summed E-state index contributed by atoms with van der Waals surface area (Å²) in [6, 6.07) is 7.67. The first-order chi connectivity index (χ1) is 16.2. The molecule has 1 aromatic carbocycles. The largest absolute Gasteiger partial charge is 0.378 e. The average Bonchev–Trinajstić information content (AvgIpc) is 3.49. The SMILES string of the molecule is Cc1ccc(S(=O)(=O)O)cc1.N#C[C@@H]1CCCN1C(=O)[C@@H]1C[C@H](CC(=O)N2CCOCC2)CN1. The van der Waals surface area contributed by atoms with Crippen LogP contribution >= 0.6 is 0 Å². The number of hydrogen-bond donors (Lipinski definition) is 2. The van der Waals surface area contributed by atoms with Crippen molar-refractivity contribution in [2.75, 3.05) is 39.4 Å². The zero-order chi connectivity index (χ0) is 24.7. The minimum Gasteiger partial charge on any atom is -0.378 e. The molecule has 0 unspecified atom stereocenters. The fourth-order valence-electron chi connectivity index (χ4n) is 4.42. The van der Waals surface area contributed by atoms with Crippen LogP contribution in [0.4, 0.5) is 0 Å². The van der Waals surface area contributed by atoms with E-state index < -0.39 is 10.1 Å². The lowest BCUT2D eigenvalue weighted by Gasteiger charge is -2.27. The summed E-state index contributed by atoms with van der Waals surface area (Å²) < 4.78 is 34.8. The van der Waals surface area contributed by atoms with Gasteiger partial charge in [-0.15, -0.1) is 0 Å². The van der Waals surface area contributed by atoms with Gasteiger partial charge >= 0.3 is 0 Å². The van der Waals surface area contributed by atoms with Gasteiger partial charge in [-0.2, -0.15) is 13.7 Å². The minimum atomic E-state index is -4.02. The predicted molar refractivity (Wildman–Crippen MR) is 123 cm³/mol. The predicted octanol–water partition coefficient (Wildman–Crippen LogP) is 0.970. The highest BCUT2D eigenvalue weighted by atomic mass is 32.2. The number of hydrogen-bond acceptors (Lipinski definition) is 7. The van der Waals surface area contributed by atoms with E-state index in [1.54, 1.807) is 17.0 Å². The number of aryl methyl sites for hydroxylation is 1. The Morgan fingerprint density at radius 2 is 1.88 bits per heavy atom. The van der Waals surface area contributed by atoms with Gasteiger partial charge in [-0.1, -0.05) is 17.7 Å². The van der Waals surface area contributed by atoms with Crippen LogP contribution in [0.2, 0.25) is 0 Å². The van der Waals surface area contributed by atoms with Crippen LogP contribution in [0.5, 0.6) is 0 Å². The third-order valence-electron chi connectivity index (χ3n) is 6.35. The molecule has 3 heterocycles. The molecule has 3 aliphatic rings. The molecule has 3 saturated heterocycles. The molecule has 0 saturated carbocycles. The smallest absolute Gasteiger partial charge is 0.294 e. The molecule has 0 bridgehead atoms. The molecule has 186 valence electrons. The van der Waals surface area contributed by atoms with Crippen molar-refractivity contribution in [2.24, 2.45) is 5.92 Å². The van der Waals surface area contributed by atoms with Gasteiger partial charge in [-0.25, -0.2) is 0 Å². The molecule has 0 spiro atoms. The fourth-order valence-corrected chi connectivity index (χ4v) is 4.90. The summed E-state index contributed by atoms with van der Waals surface area (Å²) in [5.41, 5.74) is 0.956. The number of carbonyl (C=O) groups excluding carboxylic acids is 2.